The predicted octanol–water partition coefficient (Wildman–Crippen LogP) is 0.394. The fourth-order valence-corrected chi connectivity index (χ4v) is 1.01. The van der Waals surface area contributed by atoms with Crippen molar-refractivity contribution < 1.29 is 9.21 Å². The summed E-state index contributed by atoms with van der Waals surface area (Å²) in [6.07, 6.45) is 2.08. The van der Waals surface area contributed by atoms with E-state index in [1.54, 1.807) is 0 Å². The molecule has 0 spiro atoms. The van der Waals surface area contributed by atoms with Crippen molar-refractivity contribution in [2.24, 2.45) is 0 Å². The molecule has 1 heterocycles. The van der Waals surface area contributed by atoms with Gasteiger partial charge in [-0.25, -0.2) is 0 Å². The van der Waals surface area contributed by atoms with Gasteiger partial charge in [0.05, 0.1) is 0 Å². The Kier molecular flexibility index (Phi) is 2.34. The zero-order valence-corrected chi connectivity index (χ0v) is 7.91. The fourth-order valence-electron chi connectivity index (χ4n) is 1.01. The molecular weight excluding hydrogens is 184 g/mol. The average molecular weight is 196 g/mol. The molecule has 0 aromatic carbocycles. The van der Waals surface area contributed by atoms with Gasteiger partial charge in [-0.3, -0.25) is 4.79 Å². The lowest BCUT2D eigenvalue weighted by atomic mass is 10.5. The molecule has 0 radical (unpaired) electrons. The van der Waals surface area contributed by atoms with Crippen LogP contribution >= 0.6 is 0 Å². The Hall–Kier alpha value is -1.59. The zero-order valence-electron chi connectivity index (χ0n) is 7.91. The molecule has 0 atom stereocenters. The highest BCUT2D eigenvalue weighted by molar-refractivity contribution is 5.89. The Morgan fingerprint density at radius 2 is 2.36 bits per heavy atom. The molecule has 2 N–H and O–H groups in total. The molecule has 0 bridgehead atoms. The topological polar surface area (TPSA) is 80.0 Å². The lowest BCUT2D eigenvalue weighted by Crippen LogP contribution is -2.25. The van der Waals surface area contributed by atoms with Gasteiger partial charge in [0.25, 0.3) is 0 Å². The Balaban J connectivity index is 1.96. The summed E-state index contributed by atoms with van der Waals surface area (Å²) < 4.78 is 5.07. The molecule has 1 saturated carbocycles. The van der Waals surface area contributed by atoms with Crippen molar-refractivity contribution in [2.45, 2.75) is 25.8 Å². The molecule has 1 aromatic rings. The minimum atomic E-state index is -0.288. The number of nitrogens with one attached hydrogen (secondary N) is 2. The van der Waals surface area contributed by atoms with Crippen LogP contribution in [0, 0.1) is 0 Å². The summed E-state index contributed by atoms with van der Waals surface area (Å²) in [6.45, 7) is 2.60. The third-order valence-electron chi connectivity index (χ3n) is 1.86. The molecule has 2 rings (SSSR count). The van der Waals surface area contributed by atoms with Gasteiger partial charge in [-0.2, -0.15) is 0 Å². The number of nitrogens with zero attached hydrogens (tertiary/aromatic N) is 2. The maximum Gasteiger partial charge on any atom is 0.315 e. The van der Waals surface area contributed by atoms with E-state index in [2.05, 4.69) is 20.8 Å². The monoisotopic (exact) mass is 196 g/mol. The highest BCUT2D eigenvalue weighted by atomic mass is 16.4. The Morgan fingerprint density at radius 3 is 3.00 bits per heavy atom. The molecular formula is C8H12N4O2. The molecule has 1 amide bonds. The van der Waals surface area contributed by atoms with Gasteiger partial charge in [0, 0.05) is 12.6 Å². The molecule has 6 heteroatoms. The molecule has 0 unspecified atom stereocenters. The van der Waals surface area contributed by atoms with Crippen LogP contribution in [-0.4, -0.2) is 28.7 Å². The van der Waals surface area contributed by atoms with Crippen LogP contribution in [0.2, 0.25) is 0 Å². The number of anilines is 1. The number of hydrogen-bond acceptors (Lipinski definition) is 5. The van der Waals surface area contributed by atoms with Crippen molar-refractivity contribution >= 4 is 11.9 Å². The normalized spacial score (nSPS) is 15.2. The standard InChI is InChI=1S/C8H12N4O2/c1-2-9-8-12-11-7(14-8)6(13)10-5-3-4-5/h5H,2-4H2,1H3,(H,9,12)(H,10,13). The quantitative estimate of drug-likeness (QED) is 0.728. The Bertz CT molecular complexity index is 332. The summed E-state index contributed by atoms with van der Waals surface area (Å²) in [5, 5.41) is 12.9. The second-order valence-corrected chi connectivity index (χ2v) is 3.19. The first kappa shape index (κ1) is 8.98. The minimum Gasteiger partial charge on any atom is -0.399 e. The lowest BCUT2D eigenvalue weighted by Gasteiger charge is -1.96. The first-order chi connectivity index (χ1) is 6.79. The third kappa shape index (κ3) is 2.01. The van der Waals surface area contributed by atoms with E-state index in [1.807, 2.05) is 6.92 Å². The average Bonchev–Trinajstić information content (AvgIpc) is 2.83. The van der Waals surface area contributed by atoms with E-state index in [0.29, 0.717) is 12.6 Å². The van der Waals surface area contributed by atoms with E-state index in [4.69, 9.17) is 4.42 Å². The van der Waals surface area contributed by atoms with Gasteiger partial charge >= 0.3 is 17.8 Å². The van der Waals surface area contributed by atoms with Crippen molar-refractivity contribution in [2.75, 3.05) is 11.9 Å². The maximum atomic E-state index is 11.4. The highest BCUT2D eigenvalue weighted by Gasteiger charge is 2.26. The molecule has 6 nitrogen and oxygen atoms in total. The van der Waals surface area contributed by atoms with Crippen LogP contribution in [0.25, 0.3) is 0 Å². The molecule has 1 aliphatic rings. The lowest BCUT2D eigenvalue weighted by molar-refractivity contribution is 0.0917. The SMILES string of the molecule is CCNc1nnc(C(=O)NC2CC2)o1. The maximum absolute atomic E-state index is 11.4. The van der Waals surface area contributed by atoms with Crippen molar-refractivity contribution in [3.8, 4) is 0 Å². The van der Waals surface area contributed by atoms with Crippen molar-refractivity contribution in [1.82, 2.24) is 15.5 Å². The number of rotatable bonds is 4. The molecule has 1 aromatic heterocycles. The summed E-state index contributed by atoms with van der Waals surface area (Å²) in [6, 6.07) is 0.588. The van der Waals surface area contributed by atoms with Crippen LogP contribution in [0.15, 0.2) is 4.42 Å². The van der Waals surface area contributed by atoms with E-state index >= 15 is 0 Å². The van der Waals surface area contributed by atoms with Crippen molar-refractivity contribution in [1.29, 1.82) is 0 Å². The smallest absolute Gasteiger partial charge is 0.315 e. The molecule has 1 fully saturated rings. The summed E-state index contributed by atoms with van der Waals surface area (Å²) in [7, 11) is 0. The summed E-state index contributed by atoms with van der Waals surface area (Å²) in [4.78, 5) is 11.4. The molecule has 0 saturated heterocycles. The number of amides is 1. The fraction of sp³-hybridized carbons (Fsp3) is 0.625. The second kappa shape index (κ2) is 3.65. The summed E-state index contributed by atoms with van der Waals surface area (Å²) in [5.74, 6) is -0.267. The van der Waals surface area contributed by atoms with Crippen LogP contribution in [-0.2, 0) is 0 Å². The Labute approximate surface area is 81.1 Å². The second-order valence-electron chi connectivity index (χ2n) is 3.19. The van der Waals surface area contributed by atoms with Crippen LogP contribution in [0.5, 0.6) is 0 Å². The van der Waals surface area contributed by atoms with E-state index in [0.717, 1.165) is 12.8 Å². The summed E-state index contributed by atoms with van der Waals surface area (Å²) in [5.41, 5.74) is 0. The van der Waals surface area contributed by atoms with E-state index < -0.39 is 0 Å². The first-order valence-electron chi connectivity index (χ1n) is 4.68. The van der Waals surface area contributed by atoms with Gasteiger partial charge in [0.2, 0.25) is 0 Å². The third-order valence-corrected chi connectivity index (χ3v) is 1.86. The predicted molar refractivity (Wildman–Crippen MR) is 48.9 cm³/mol. The van der Waals surface area contributed by atoms with E-state index in [-0.39, 0.29) is 17.8 Å². The zero-order chi connectivity index (χ0) is 9.97. The Morgan fingerprint density at radius 1 is 1.57 bits per heavy atom. The van der Waals surface area contributed by atoms with Gasteiger partial charge in [-0.15, -0.1) is 5.10 Å². The highest BCUT2D eigenvalue weighted by Crippen LogP contribution is 2.19. The molecule has 0 aliphatic heterocycles. The van der Waals surface area contributed by atoms with E-state index in [9.17, 15) is 4.79 Å². The first-order valence-corrected chi connectivity index (χ1v) is 4.68. The number of hydrogen-bond donors (Lipinski definition) is 2. The van der Waals surface area contributed by atoms with Crippen LogP contribution in [0.3, 0.4) is 0 Å². The van der Waals surface area contributed by atoms with Crippen LogP contribution in [0.1, 0.15) is 30.5 Å². The van der Waals surface area contributed by atoms with Crippen LogP contribution in [0.4, 0.5) is 6.01 Å². The molecule has 76 valence electrons. The van der Waals surface area contributed by atoms with Gasteiger partial charge < -0.3 is 15.1 Å². The van der Waals surface area contributed by atoms with Crippen molar-refractivity contribution in [3.05, 3.63) is 5.89 Å². The number of carbonyl (C=O) groups excluding carboxylic acids is 1. The van der Waals surface area contributed by atoms with Gasteiger partial charge in [-0.1, -0.05) is 5.10 Å². The van der Waals surface area contributed by atoms with Crippen molar-refractivity contribution in [3.63, 3.8) is 0 Å². The molecule has 1 aliphatic carbocycles. The van der Waals surface area contributed by atoms with Gasteiger partial charge in [0.1, 0.15) is 0 Å². The summed E-state index contributed by atoms with van der Waals surface area (Å²) >= 11 is 0. The molecule has 14 heavy (non-hydrogen) atoms. The number of carbonyl (C=O) groups is 1. The number of aromatic nitrogens is 2. The van der Waals surface area contributed by atoms with Gasteiger partial charge in [0.15, 0.2) is 0 Å². The van der Waals surface area contributed by atoms with Gasteiger partial charge in [-0.05, 0) is 19.8 Å². The van der Waals surface area contributed by atoms with Crippen LogP contribution < -0.4 is 10.6 Å². The largest absolute Gasteiger partial charge is 0.399 e. The van der Waals surface area contributed by atoms with E-state index in [1.165, 1.54) is 0 Å². The minimum absolute atomic E-state index is 0.0212.